The number of rotatable bonds is 2. The molecule has 3 nitrogen and oxygen atoms in total. The molecule has 0 atom stereocenters. The predicted molar refractivity (Wildman–Crippen MR) is 71.1 cm³/mol. The SMILES string of the molecule is Cc1cc(Br)ccc1Nc1ncccc1C#N. The number of anilines is 2. The number of aromatic nitrogens is 1. The normalized spacial score (nSPS) is 9.71. The van der Waals surface area contributed by atoms with Crippen LogP contribution in [0.1, 0.15) is 11.1 Å². The van der Waals surface area contributed by atoms with Gasteiger partial charge in [-0.15, -0.1) is 0 Å². The van der Waals surface area contributed by atoms with Gasteiger partial charge in [-0.3, -0.25) is 0 Å². The van der Waals surface area contributed by atoms with Crippen molar-refractivity contribution in [1.29, 1.82) is 5.26 Å². The molecule has 0 saturated heterocycles. The molecule has 1 aromatic carbocycles. The predicted octanol–water partition coefficient (Wildman–Crippen LogP) is 3.77. The number of hydrogen-bond donors (Lipinski definition) is 1. The summed E-state index contributed by atoms with van der Waals surface area (Å²) in [7, 11) is 0. The summed E-state index contributed by atoms with van der Waals surface area (Å²) in [6, 6.07) is 11.5. The number of hydrogen-bond acceptors (Lipinski definition) is 3. The molecule has 84 valence electrons. The maximum absolute atomic E-state index is 8.97. The molecule has 0 bridgehead atoms. The molecular weight excluding hydrogens is 278 g/mol. The number of aryl methyl sites for hydroxylation is 1. The smallest absolute Gasteiger partial charge is 0.148 e. The van der Waals surface area contributed by atoms with Crippen LogP contribution >= 0.6 is 15.9 Å². The van der Waals surface area contributed by atoms with Gasteiger partial charge in [-0.25, -0.2) is 4.98 Å². The van der Waals surface area contributed by atoms with Gasteiger partial charge in [0.2, 0.25) is 0 Å². The number of benzene rings is 1. The standard InChI is InChI=1S/C13H10BrN3/c1-9-7-11(14)4-5-12(9)17-13-10(8-15)3-2-6-16-13/h2-7H,1H3,(H,16,17). The highest BCUT2D eigenvalue weighted by Gasteiger charge is 2.04. The van der Waals surface area contributed by atoms with Gasteiger partial charge >= 0.3 is 0 Å². The molecule has 0 aliphatic heterocycles. The molecule has 1 N–H and O–H groups in total. The Morgan fingerprint density at radius 2 is 2.18 bits per heavy atom. The fourth-order valence-corrected chi connectivity index (χ4v) is 1.97. The second-order valence-corrected chi connectivity index (χ2v) is 4.51. The van der Waals surface area contributed by atoms with E-state index in [9.17, 15) is 0 Å². The molecule has 0 aliphatic rings. The van der Waals surface area contributed by atoms with E-state index in [4.69, 9.17) is 5.26 Å². The summed E-state index contributed by atoms with van der Waals surface area (Å²) >= 11 is 3.41. The Bertz CT molecular complexity index is 587. The van der Waals surface area contributed by atoms with Crippen molar-refractivity contribution in [2.24, 2.45) is 0 Å². The topological polar surface area (TPSA) is 48.7 Å². The summed E-state index contributed by atoms with van der Waals surface area (Å²) in [6.07, 6.45) is 1.66. The molecule has 0 aliphatic carbocycles. The van der Waals surface area contributed by atoms with Gasteiger partial charge < -0.3 is 5.32 Å². The Morgan fingerprint density at radius 1 is 1.35 bits per heavy atom. The average Bonchev–Trinajstić information content (AvgIpc) is 2.33. The molecule has 0 saturated carbocycles. The first-order valence-electron chi connectivity index (χ1n) is 5.09. The first-order chi connectivity index (χ1) is 8.20. The van der Waals surface area contributed by atoms with Crippen molar-refractivity contribution in [2.75, 3.05) is 5.32 Å². The van der Waals surface area contributed by atoms with Gasteiger partial charge in [0.1, 0.15) is 11.9 Å². The third-order valence-electron chi connectivity index (χ3n) is 2.37. The fourth-order valence-electron chi connectivity index (χ4n) is 1.49. The number of nitriles is 1. The lowest BCUT2D eigenvalue weighted by molar-refractivity contribution is 1.27. The second-order valence-electron chi connectivity index (χ2n) is 3.60. The van der Waals surface area contributed by atoms with E-state index in [1.165, 1.54) is 0 Å². The molecule has 2 aromatic rings. The number of nitrogens with zero attached hydrogens (tertiary/aromatic N) is 2. The summed E-state index contributed by atoms with van der Waals surface area (Å²) in [6.45, 7) is 2.00. The van der Waals surface area contributed by atoms with Gasteiger partial charge in [0.25, 0.3) is 0 Å². The number of halogens is 1. The molecule has 1 heterocycles. The van der Waals surface area contributed by atoms with Crippen LogP contribution in [0.15, 0.2) is 41.0 Å². The third kappa shape index (κ3) is 2.63. The van der Waals surface area contributed by atoms with Crippen molar-refractivity contribution in [2.45, 2.75) is 6.92 Å². The van der Waals surface area contributed by atoms with E-state index in [-0.39, 0.29) is 0 Å². The van der Waals surface area contributed by atoms with Gasteiger partial charge in [-0.1, -0.05) is 15.9 Å². The highest BCUT2D eigenvalue weighted by molar-refractivity contribution is 9.10. The van der Waals surface area contributed by atoms with Gasteiger partial charge in [-0.2, -0.15) is 5.26 Å². The molecule has 2 rings (SSSR count). The van der Waals surface area contributed by atoms with Crippen LogP contribution in [0.3, 0.4) is 0 Å². The third-order valence-corrected chi connectivity index (χ3v) is 2.86. The zero-order chi connectivity index (χ0) is 12.3. The minimum Gasteiger partial charge on any atom is -0.339 e. The van der Waals surface area contributed by atoms with E-state index in [2.05, 4.69) is 32.3 Å². The van der Waals surface area contributed by atoms with Crippen molar-refractivity contribution in [3.63, 3.8) is 0 Å². The molecule has 0 radical (unpaired) electrons. The monoisotopic (exact) mass is 287 g/mol. The summed E-state index contributed by atoms with van der Waals surface area (Å²) in [5.74, 6) is 0.584. The van der Waals surface area contributed by atoms with E-state index in [0.717, 1.165) is 15.7 Å². The molecule has 0 amide bonds. The molecule has 0 fully saturated rings. The van der Waals surface area contributed by atoms with Gasteiger partial charge in [0.15, 0.2) is 0 Å². The Labute approximate surface area is 108 Å². The minimum absolute atomic E-state index is 0.537. The fraction of sp³-hybridized carbons (Fsp3) is 0.0769. The highest BCUT2D eigenvalue weighted by atomic mass is 79.9. The molecular formula is C13H10BrN3. The largest absolute Gasteiger partial charge is 0.339 e. The summed E-state index contributed by atoms with van der Waals surface area (Å²) in [5, 5.41) is 12.1. The Hall–Kier alpha value is -1.86. The number of nitrogens with one attached hydrogen (secondary N) is 1. The lowest BCUT2D eigenvalue weighted by Crippen LogP contribution is -1.98. The van der Waals surface area contributed by atoms with Crippen molar-refractivity contribution >= 4 is 27.4 Å². The zero-order valence-corrected chi connectivity index (χ0v) is 10.8. The van der Waals surface area contributed by atoms with Crippen LogP contribution in [0.4, 0.5) is 11.5 Å². The number of pyridine rings is 1. The Kier molecular flexibility index (Phi) is 3.40. The van der Waals surface area contributed by atoms with Crippen molar-refractivity contribution in [1.82, 2.24) is 4.98 Å². The molecule has 1 aromatic heterocycles. The summed E-state index contributed by atoms with van der Waals surface area (Å²) in [5.41, 5.74) is 2.58. The minimum atomic E-state index is 0.537. The van der Waals surface area contributed by atoms with Crippen LogP contribution in [0, 0.1) is 18.3 Å². The summed E-state index contributed by atoms with van der Waals surface area (Å²) in [4.78, 5) is 4.16. The van der Waals surface area contributed by atoms with Gasteiger partial charge in [0, 0.05) is 16.4 Å². The average molecular weight is 288 g/mol. The lowest BCUT2D eigenvalue weighted by Gasteiger charge is -2.09. The van der Waals surface area contributed by atoms with Crippen LogP contribution in [0.5, 0.6) is 0 Å². The van der Waals surface area contributed by atoms with E-state index >= 15 is 0 Å². The Balaban J connectivity index is 2.35. The van der Waals surface area contributed by atoms with E-state index in [1.807, 2.05) is 25.1 Å². The molecule has 0 unspecified atom stereocenters. The van der Waals surface area contributed by atoms with Gasteiger partial charge in [-0.05, 0) is 42.8 Å². The van der Waals surface area contributed by atoms with E-state index in [1.54, 1.807) is 18.3 Å². The molecule has 17 heavy (non-hydrogen) atoms. The van der Waals surface area contributed by atoms with Gasteiger partial charge in [0.05, 0.1) is 5.56 Å². The molecule has 0 spiro atoms. The molecule has 4 heteroatoms. The summed E-state index contributed by atoms with van der Waals surface area (Å²) < 4.78 is 1.03. The van der Waals surface area contributed by atoms with Crippen LogP contribution in [-0.4, -0.2) is 4.98 Å². The second kappa shape index (κ2) is 4.98. The first kappa shape index (κ1) is 11.6. The van der Waals surface area contributed by atoms with Crippen molar-refractivity contribution in [3.05, 3.63) is 52.1 Å². The zero-order valence-electron chi connectivity index (χ0n) is 9.24. The van der Waals surface area contributed by atoms with Crippen LogP contribution in [0.2, 0.25) is 0 Å². The van der Waals surface area contributed by atoms with E-state index < -0.39 is 0 Å². The lowest BCUT2D eigenvalue weighted by atomic mass is 10.2. The van der Waals surface area contributed by atoms with Crippen LogP contribution in [0.25, 0.3) is 0 Å². The van der Waals surface area contributed by atoms with E-state index in [0.29, 0.717) is 11.4 Å². The quantitative estimate of drug-likeness (QED) is 0.915. The first-order valence-corrected chi connectivity index (χ1v) is 5.88. The van der Waals surface area contributed by atoms with Crippen LogP contribution < -0.4 is 5.32 Å². The van der Waals surface area contributed by atoms with Crippen LogP contribution in [-0.2, 0) is 0 Å². The maximum atomic E-state index is 8.97. The Morgan fingerprint density at radius 3 is 2.88 bits per heavy atom. The van der Waals surface area contributed by atoms with Crippen molar-refractivity contribution in [3.8, 4) is 6.07 Å². The van der Waals surface area contributed by atoms with Crippen molar-refractivity contribution < 1.29 is 0 Å². The highest BCUT2D eigenvalue weighted by Crippen LogP contribution is 2.24. The maximum Gasteiger partial charge on any atom is 0.148 e.